The zero-order valence-electron chi connectivity index (χ0n) is 8.71. The van der Waals surface area contributed by atoms with Crippen molar-refractivity contribution in [1.82, 2.24) is 0 Å². The van der Waals surface area contributed by atoms with E-state index in [0.717, 1.165) is 0 Å². The Kier molecular flexibility index (Phi) is 4.41. The number of halogens is 1. The number of non-ortho nitro benzene ring substituents is 1. The van der Waals surface area contributed by atoms with Gasteiger partial charge in [0, 0.05) is 12.1 Å². The fraction of sp³-hybridized carbons (Fsp3) is 0.111. The molecule has 8 heteroatoms. The van der Waals surface area contributed by atoms with E-state index >= 15 is 0 Å². The number of nitro benzene ring substituents is 1. The van der Waals surface area contributed by atoms with Gasteiger partial charge in [-0.15, -0.1) is 0 Å². The minimum absolute atomic E-state index is 0.0430. The van der Waals surface area contributed by atoms with Crippen molar-refractivity contribution in [1.29, 1.82) is 0 Å². The Morgan fingerprint density at radius 3 is 2.53 bits per heavy atom. The third kappa shape index (κ3) is 3.72. The van der Waals surface area contributed by atoms with Crippen LogP contribution in [0.1, 0.15) is 0 Å². The minimum atomic E-state index is -0.777. The van der Waals surface area contributed by atoms with Crippen LogP contribution in [-0.4, -0.2) is 23.2 Å². The number of ether oxygens (including phenoxy) is 1. The average Bonchev–Trinajstić information content (AvgIpc) is 2.35. The van der Waals surface area contributed by atoms with Gasteiger partial charge in [-0.3, -0.25) is 15.5 Å². The number of esters is 1. The van der Waals surface area contributed by atoms with Gasteiger partial charge in [0.25, 0.3) is 5.69 Å². The molecule has 0 saturated carbocycles. The van der Waals surface area contributed by atoms with E-state index in [1.54, 1.807) is 0 Å². The first kappa shape index (κ1) is 12.9. The molecule has 0 heterocycles. The first-order valence-electron chi connectivity index (χ1n) is 4.36. The number of hydrazone groups is 1. The van der Waals surface area contributed by atoms with Crippen LogP contribution in [0.2, 0.25) is 0 Å². The Bertz CT molecular complexity index is 458. The highest BCUT2D eigenvalue weighted by atomic mass is 35.5. The second-order valence-corrected chi connectivity index (χ2v) is 3.17. The summed E-state index contributed by atoms with van der Waals surface area (Å²) in [5, 5.41) is 13.5. The molecule has 0 atom stereocenters. The van der Waals surface area contributed by atoms with Gasteiger partial charge in [-0.05, 0) is 12.1 Å². The summed E-state index contributed by atoms with van der Waals surface area (Å²) in [7, 11) is 1.17. The van der Waals surface area contributed by atoms with Gasteiger partial charge >= 0.3 is 5.97 Å². The van der Waals surface area contributed by atoms with E-state index in [0.29, 0.717) is 5.69 Å². The van der Waals surface area contributed by atoms with Crippen LogP contribution < -0.4 is 5.43 Å². The summed E-state index contributed by atoms with van der Waals surface area (Å²) < 4.78 is 4.32. The first-order chi connectivity index (χ1) is 8.04. The van der Waals surface area contributed by atoms with E-state index in [2.05, 4.69) is 15.3 Å². The topological polar surface area (TPSA) is 93.8 Å². The zero-order valence-corrected chi connectivity index (χ0v) is 9.47. The molecule has 0 spiro atoms. The molecule has 0 amide bonds. The molecule has 0 bridgehead atoms. The summed E-state index contributed by atoms with van der Waals surface area (Å²) >= 11 is 5.47. The molecule has 0 aliphatic rings. The summed E-state index contributed by atoms with van der Waals surface area (Å²) in [5.74, 6) is -0.777. The highest BCUT2D eigenvalue weighted by molar-refractivity contribution is 6.82. The van der Waals surface area contributed by atoms with E-state index in [1.807, 2.05) is 0 Å². The van der Waals surface area contributed by atoms with Crippen molar-refractivity contribution in [2.75, 3.05) is 12.5 Å². The molecule has 0 aliphatic heterocycles. The number of carbonyl (C=O) groups excluding carboxylic acids is 1. The van der Waals surface area contributed by atoms with Crippen LogP contribution in [0.25, 0.3) is 0 Å². The van der Waals surface area contributed by atoms with Crippen molar-refractivity contribution in [2.45, 2.75) is 0 Å². The predicted molar refractivity (Wildman–Crippen MR) is 62.0 cm³/mol. The standard InChI is InChI=1S/C9H8ClN3O4/c1-17-9(14)8(10)12-11-6-2-4-7(5-3-6)13(15)16/h2-5,11H,1H3. The molecular weight excluding hydrogens is 250 g/mol. The fourth-order valence-corrected chi connectivity index (χ4v) is 1.02. The lowest BCUT2D eigenvalue weighted by Crippen LogP contribution is -2.11. The molecular formula is C9H8ClN3O4. The summed E-state index contributed by atoms with van der Waals surface area (Å²) in [4.78, 5) is 20.7. The van der Waals surface area contributed by atoms with E-state index in [1.165, 1.54) is 31.4 Å². The number of methoxy groups -OCH3 is 1. The maximum Gasteiger partial charge on any atom is 0.370 e. The Hall–Kier alpha value is -2.15. The molecule has 7 nitrogen and oxygen atoms in total. The van der Waals surface area contributed by atoms with Crippen LogP contribution >= 0.6 is 11.6 Å². The number of nitrogens with zero attached hydrogens (tertiary/aromatic N) is 2. The van der Waals surface area contributed by atoms with E-state index < -0.39 is 10.9 Å². The number of carbonyl (C=O) groups is 1. The Morgan fingerprint density at radius 2 is 2.06 bits per heavy atom. The zero-order chi connectivity index (χ0) is 12.8. The molecule has 0 radical (unpaired) electrons. The number of nitrogens with one attached hydrogen (secondary N) is 1. The van der Waals surface area contributed by atoms with Gasteiger partial charge in [0.05, 0.1) is 17.7 Å². The van der Waals surface area contributed by atoms with Crippen LogP contribution in [0, 0.1) is 10.1 Å². The smallest absolute Gasteiger partial charge is 0.370 e. The Morgan fingerprint density at radius 1 is 1.47 bits per heavy atom. The number of hydrogen-bond acceptors (Lipinski definition) is 6. The van der Waals surface area contributed by atoms with Crippen molar-refractivity contribution in [3.63, 3.8) is 0 Å². The van der Waals surface area contributed by atoms with Crippen molar-refractivity contribution >= 4 is 34.1 Å². The molecule has 90 valence electrons. The monoisotopic (exact) mass is 257 g/mol. The molecule has 1 aromatic rings. The Labute approximate surface area is 101 Å². The lowest BCUT2D eigenvalue weighted by Gasteiger charge is -2.00. The molecule has 0 unspecified atom stereocenters. The van der Waals surface area contributed by atoms with Crippen LogP contribution in [0.5, 0.6) is 0 Å². The maximum absolute atomic E-state index is 10.9. The van der Waals surface area contributed by atoms with Crippen molar-refractivity contribution < 1.29 is 14.5 Å². The first-order valence-corrected chi connectivity index (χ1v) is 4.74. The third-order valence-electron chi connectivity index (χ3n) is 1.72. The summed E-state index contributed by atoms with van der Waals surface area (Å²) in [6, 6.07) is 5.46. The normalized spacial score (nSPS) is 10.8. The van der Waals surface area contributed by atoms with Gasteiger partial charge in [-0.1, -0.05) is 11.6 Å². The SMILES string of the molecule is COC(=O)C(Cl)=NNc1ccc([N+](=O)[O-])cc1. The van der Waals surface area contributed by atoms with Crippen molar-refractivity contribution in [2.24, 2.45) is 5.10 Å². The molecule has 0 aliphatic carbocycles. The van der Waals surface area contributed by atoms with Crippen LogP contribution in [-0.2, 0) is 9.53 Å². The quantitative estimate of drug-likeness (QED) is 0.384. The van der Waals surface area contributed by atoms with Crippen molar-refractivity contribution in [3.05, 3.63) is 34.4 Å². The number of hydrogen-bond donors (Lipinski definition) is 1. The molecule has 1 aromatic carbocycles. The third-order valence-corrected chi connectivity index (χ3v) is 1.95. The lowest BCUT2D eigenvalue weighted by atomic mass is 10.3. The highest BCUT2D eigenvalue weighted by Gasteiger charge is 2.08. The van der Waals surface area contributed by atoms with Gasteiger partial charge in [0.2, 0.25) is 5.17 Å². The van der Waals surface area contributed by atoms with Gasteiger partial charge in [-0.25, -0.2) is 4.79 Å². The average molecular weight is 258 g/mol. The number of rotatable bonds is 4. The summed E-state index contributed by atoms with van der Waals surface area (Å²) in [6.07, 6.45) is 0. The van der Waals surface area contributed by atoms with Gasteiger partial charge in [-0.2, -0.15) is 5.10 Å². The second kappa shape index (κ2) is 5.80. The van der Waals surface area contributed by atoms with Gasteiger partial charge in [0.15, 0.2) is 0 Å². The maximum atomic E-state index is 10.9. The van der Waals surface area contributed by atoms with Gasteiger partial charge < -0.3 is 4.74 Å². The van der Waals surface area contributed by atoms with E-state index in [-0.39, 0.29) is 10.9 Å². The second-order valence-electron chi connectivity index (χ2n) is 2.81. The molecule has 0 fully saturated rings. The molecule has 17 heavy (non-hydrogen) atoms. The lowest BCUT2D eigenvalue weighted by molar-refractivity contribution is -0.384. The summed E-state index contributed by atoms with van der Waals surface area (Å²) in [6.45, 7) is 0. The highest BCUT2D eigenvalue weighted by Crippen LogP contribution is 2.15. The van der Waals surface area contributed by atoms with E-state index in [9.17, 15) is 14.9 Å². The van der Waals surface area contributed by atoms with Crippen LogP contribution in [0.15, 0.2) is 29.4 Å². The number of nitro groups is 1. The molecule has 0 saturated heterocycles. The minimum Gasteiger partial charge on any atom is -0.464 e. The van der Waals surface area contributed by atoms with Gasteiger partial charge in [0.1, 0.15) is 0 Å². The number of anilines is 1. The molecule has 1 N–H and O–H groups in total. The number of benzene rings is 1. The molecule has 1 rings (SSSR count). The summed E-state index contributed by atoms with van der Waals surface area (Å²) in [5.41, 5.74) is 2.87. The van der Waals surface area contributed by atoms with Crippen LogP contribution in [0.4, 0.5) is 11.4 Å². The van der Waals surface area contributed by atoms with Crippen LogP contribution in [0.3, 0.4) is 0 Å². The molecule has 0 aromatic heterocycles. The van der Waals surface area contributed by atoms with Crippen molar-refractivity contribution in [3.8, 4) is 0 Å². The fourth-order valence-electron chi connectivity index (χ4n) is 0.901. The van der Waals surface area contributed by atoms with E-state index in [4.69, 9.17) is 11.6 Å². The largest absolute Gasteiger partial charge is 0.464 e. The Balaban J connectivity index is 2.70. The predicted octanol–water partition coefficient (Wildman–Crippen LogP) is 1.73.